The van der Waals surface area contributed by atoms with Crippen LogP contribution in [0.25, 0.3) is 22.2 Å². The highest BCUT2D eigenvalue weighted by Gasteiger charge is 2.47. The Morgan fingerprint density at radius 2 is 2.00 bits per heavy atom. The van der Waals surface area contributed by atoms with Crippen molar-refractivity contribution in [1.29, 1.82) is 5.26 Å². The molecule has 2 aromatic heterocycles. The Hall–Kier alpha value is -3.38. The molecule has 2 aliphatic rings. The molecule has 0 bridgehead atoms. The van der Waals surface area contributed by atoms with E-state index in [0.29, 0.717) is 30.0 Å². The Labute approximate surface area is 179 Å². The molecule has 31 heavy (non-hydrogen) atoms. The molecule has 0 aliphatic heterocycles. The largest absolute Gasteiger partial charge is 0.346 e. The van der Waals surface area contributed by atoms with E-state index in [1.807, 2.05) is 24.3 Å². The number of rotatable bonds is 8. The zero-order chi connectivity index (χ0) is 21.6. The summed E-state index contributed by atoms with van der Waals surface area (Å²) < 4.78 is 27.4. The van der Waals surface area contributed by atoms with Crippen LogP contribution >= 0.6 is 0 Å². The van der Waals surface area contributed by atoms with E-state index in [-0.39, 0.29) is 11.8 Å². The van der Waals surface area contributed by atoms with E-state index in [4.69, 9.17) is 5.26 Å². The van der Waals surface area contributed by atoms with Crippen molar-refractivity contribution in [2.75, 3.05) is 15.4 Å². The minimum Gasteiger partial charge on any atom is -0.346 e. The Balaban J connectivity index is 1.44. The van der Waals surface area contributed by atoms with Gasteiger partial charge in [-0.25, -0.2) is 13.4 Å². The van der Waals surface area contributed by atoms with Crippen LogP contribution < -0.4 is 9.62 Å². The van der Waals surface area contributed by atoms with E-state index in [1.165, 1.54) is 0 Å². The van der Waals surface area contributed by atoms with Crippen molar-refractivity contribution < 1.29 is 13.2 Å². The Morgan fingerprint density at radius 1 is 1.26 bits per heavy atom. The highest BCUT2D eigenvalue weighted by Crippen LogP contribution is 2.46. The molecule has 0 spiro atoms. The van der Waals surface area contributed by atoms with Crippen molar-refractivity contribution >= 4 is 39.0 Å². The van der Waals surface area contributed by atoms with Gasteiger partial charge >= 0.3 is 0 Å². The Bertz CT molecular complexity index is 1300. The van der Waals surface area contributed by atoms with Gasteiger partial charge in [-0.05, 0) is 61.1 Å². The lowest BCUT2D eigenvalue weighted by Crippen LogP contribution is -2.24. The van der Waals surface area contributed by atoms with Crippen LogP contribution in [0.5, 0.6) is 0 Å². The number of sulfonamides is 1. The molecular formula is C22H21N5O3S. The fraction of sp³-hybridized carbons (Fsp3) is 0.318. The lowest BCUT2D eigenvalue weighted by molar-refractivity contribution is -0.107. The van der Waals surface area contributed by atoms with Gasteiger partial charge in [-0.2, -0.15) is 5.26 Å². The number of anilines is 2. The van der Waals surface area contributed by atoms with Gasteiger partial charge in [0.05, 0.1) is 17.2 Å². The van der Waals surface area contributed by atoms with Gasteiger partial charge in [0.2, 0.25) is 16.4 Å². The molecule has 0 radical (unpaired) electrons. The van der Waals surface area contributed by atoms with Crippen LogP contribution in [0.4, 0.5) is 11.5 Å². The normalized spacial score (nSPS) is 17.1. The van der Waals surface area contributed by atoms with Crippen molar-refractivity contribution in [2.45, 2.75) is 31.7 Å². The molecule has 5 rings (SSSR count). The number of nitriles is 1. The van der Waals surface area contributed by atoms with Crippen LogP contribution in [-0.2, 0) is 14.8 Å². The highest BCUT2D eigenvalue weighted by atomic mass is 32.2. The van der Waals surface area contributed by atoms with Gasteiger partial charge in [0.25, 0.3) is 0 Å². The molecule has 2 saturated carbocycles. The SMILES string of the molecule is N#CC1(CS(=O)(=O)Nc2ccc(-c3cc(N(C=O)C4CC4)nc4[nH]ccc34)cc2)CC1. The summed E-state index contributed by atoms with van der Waals surface area (Å²) in [5.74, 6) is 0.414. The number of pyridine rings is 1. The number of aromatic amines is 1. The van der Waals surface area contributed by atoms with E-state index in [1.54, 1.807) is 23.2 Å². The molecule has 0 atom stereocenters. The molecular weight excluding hydrogens is 414 g/mol. The predicted molar refractivity (Wildman–Crippen MR) is 118 cm³/mol. The van der Waals surface area contributed by atoms with Crippen molar-refractivity contribution in [3.05, 3.63) is 42.6 Å². The molecule has 3 aromatic rings. The Kier molecular flexibility index (Phi) is 4.48. The van der Waals surface area contributed by atoms with E-state index in [2.05, 4.69) is 20.8 Å². The first-order chi connectivity index (χ1) is 14.9. The van der Waals surface area contributed by atoms with E-state index in [9.17, 15) is 13.2 Å². The van der Waals surface area contributed by atoms with Gasteiger partial charge < -0.3 is 4.98 Å². The number of hydrogen-bond acceptors (Lipinski definition) is 5. The van der Waals surface area contributed by atoms with Crippen LogP contribution in [0.15, 0.2) is 42.6 Å². The quantitative estimate of drug-likeness (QED) is 0.526. The van der Waals surface area contributed by atoms with Gasteiger partial charge in [0, 0.05) is 23.3 Å². The first-order valence-electron chi connectivity index (χ1n) is 10.2. The summed E-state index contributed by atoms with van der Waals surface area (Å²) in [5.41, 5.74) is 2.20. The van der Waals surface area contributed by atoms with Crippen LogP contribution in [0.2, 0.25) is 0 Å². The molecule has 9 heteroatoms. The molecule has 0 saturated heterocycles. The number of nitrogens with zero attached hydrogens (tertiary/aromatic N) is 3. The van der Waals surface area contributed by atoms with Crippen molar-refractivity contribution in [3.63, 3.8) is 0 Å². The van der Waals surface area contributed by atoms with Gasteiger partial charge in [-0.1, -0.05) is 12.1 Å². The van der Waals surface area contributed by atoms with Crippen molar-refractivity contribution in [2.24, 2.45) is 5.41 Å². The first kappa shape index (κ1) is 19.6. The van der Waals surface area contributed by atoms with Crippen LogP contribution in [0.3, 0.4) is 0 Å². The molecule has 2 aliphatic carbocycles. The summed E-state index contributed by atoms with van der Waals surface area (Å²) in [6.07, 6.45) is 5.82. The highest BCUT2D eigenvalue weighted by molar-refractivity contribution is 7.92. The lowest BCUT2D eigenvalue weighted by Gasteiger charge is -2.17. The molecule has 2 N–H and O–H groups in total. The van der Waals surface area contributed by atoms with Crippen LogP contribution in [0, 0.1) is 16.7 Å². The Morgan fingerprint density at radius 3 is 2.61 bits per heavy atom. The standard InChI is InChI=1S/C22H21N5O3S/c23-12-22(8-9-22)13-31(29,30)26-16-3-1-15(2-4-16)19-11-20(27(14-28)17-5-6-17)25-21-18(19)7-10-24-21/h1-4,7,10-11,14,17,26H,5-6,8-9,13H2,(H,24,25). The second-order valence-corrected chi connectivity index (χ2v) is 10.1. The number of benzene rings is 1. The monoisotopic (exact) mass is 435 g/mol. The minimum absolute atomic E-state index is 0.182. The number of carbonyl (C=O) groups excluding carboxylic acids is 1. The minimum atomic E-state index is -3.60. The number of aromatic nitrogens is 2. The fourth-order valence-electron chi connectivity index (χ4n) is 3.81. The zero-order valence-electron chi connectivity index (χ0n) is 16.7. The van der Waals surface area contributed by atoms with E-state index >= 15 is 0 Å². The lowest BCUT2D eigenvalue weighted by atomic mass is 10.0. The number of fused-ring (bicyclic) bond motifs is 1. The summed E-state index contributed by atoms with van der Waals surface area (Å²) in [7, 11) is -3.60. The second kappa shape index (κ2) is 7.10. The molecule has 1 aromatic carbocycles. The molecule has 1 amide bonds. The van der Waals surface area contributed by atoms with Crippen molar-refractivity contribution in [1.82, 2.24) is 9.97 Å². The number of H-pyrrole nitrogens is 1. The number of nitrogens with one attached hydrogen (secondary N) is 2. The second-order valence-electron chi connectivity index (χ2n) is 8.34. The van der Waals surface area contributed by atoms with Gasteiger partial charge in [0.1, 0.15) is 11.5 Å². The summed E-state index contributed by atoms with van der Waals surface area (Å²) in [4.78, 5) is 21.0. The molecule has 158 valence electrons. The van der Waals surface area contributed by atoms with Crippen molar-refractivity contribution in [3.8, 4) is 17.2 Å². The average Bonchev–Trinajstić information content (AvgIpc) is 3.67. The maximum Gasteiger partial charge on any atom is 0.234 e. The number of hydrogen-bond donors (Lipinski definition) is 2. The summed E-state index contributed by atoms with van der Waals surface area (Å²) in [6, 6.07) is 13.2. The third-order valence-electron chi connectivity index (χ3n) is 5.86. The maximum atomic E-state index is 12.4. The van der Waals surface area contributed by atoms with Gasteiger partial charge in [-0.15, -0.1) is 0 Å². The third-order valence-corrected chi connectivity index (χ3v) is 7.34. The van der Waals surface area contributed by atoms with Crippen LogP contribution in [0.1, 0.15) is 25.7 Å². The summed E-state index contributed by atoms with van der Waals surface area (Å²) >= 11 is 0. The van der Waals surface area contributed by atoms with E-state index in [0.717, 1.165) is 35.8 Å². The summed E-state index contributed by atoms with van der Waals surface area (Å²) in [5, 5.41) is 10.1. The molecule has 2 heterocycles. The summed E-state index contributed by atoms with van der Waals surface area (Å²) in [6.45, 7) is 0. The first-order valence-corrected chi connectivity index (χ1v) is 11.8. The van der Waals surface area contributed by atoms with Crippen LogP contribution in [-0.4, -0.2) is 36.6 Å². The molecule has 0 unspecified atom stereocenters. The topological polar surface area (TPSA) is 119 Å². The predicted octanol–water partition coefficient (Wildman–Crippen LogP) is 3.40. The molecule has 2 fully saturated rings. The smallest absolute Gasteiger partial charge is 0.234 e. The maximum absolute atomic E-state index is 12.4. The molecule has 8 nitrogen and oxygen atoms in total. The van der Waals surface area contributed by atoms with Gasteiger partial charge in [-0.3, -0.25) is 14.4 Å². The number of amides is 1. The average molecular weight is 436 g/mol. The number of carbonyl (C=O) groups is 1. The fourth-order valence-corrected chi connectivity index (χ4v) is 5.46. The van der Waals surface area contributed by atoms with E-state index < -0.39 is 15.4 Å². The zero-order valence-corrected chi connectivity index (χ0v) is 17.5. The van der Waals surface area contributed by atoms with Gasteiger partial charge in [0.15, 0.2) is 0 Å². The third kappa shape index (κ3) is 3.86.